The van der Waals surface area contributed by atoms with Crippen LogP contribution in [0.1, 0.15) is 42.5 Å². The maximum Gasteiger partial charge on any atom is 0.285 e. The summed E-state index contributed by atoms with van der Waals surface area (Å²) in [6.45, 7) is 5.06. The lowest BCUT2D eigenvalue weighted by Crippen LogP contribution is -2.88. The summed E-state index contributed by atoms with van der Waals surface area (Å²) in [6, 6.07) is 38.4. The molecule has 3 N–H and O–H groups in total. The Hall–Kier alpha value is -4.26. The molecule has 0 aliphatic rings. The number of hydrogen-bond donors (Lipinski definition) is 2. The number of nitrogens with two attached hydrogens (primary N) is 1. The Balaban J connectivity index is 1.20. The predicted octanol–water partition coefficient (Wildman–Crippen LogP) is 5.35. The summed E-state index contributed by atoms with van der Waals surface area (Å²) >= 11 is 0. The van der Waals surface area contributed by atoms with Crippen molar-refractivity contribution in [2.75, 3.05) is 13.2 Å². The zero-order valence-electron chi connectivity index (χ0n) is 23.0. The topological polar surface area (TPSA) is 85.0 Å². The van der Waals surface area contributed by atoms with Crippen LogP contribution in [0.2, 0.25) is 0 Å². The summed E-state index contributed by atoms with van der Waals surface area (Å²) in [5.74, 6) is 1.83. The third kappa shape index (κ3) is 6.84. The van der Waals surface area contributed by atoms with Crippen molar-refractivity contribution >= 4 is 0 Å². The van der Waals surface area contributed by atoms with E-state index in [2.05, 4.69) is 77.8 Å². The molecule has 0 aliphatic carbocycles. The highest BCUT2D eigenvalue weighted by Crippen LogP contribution is 2.32. The fourth-order valence-corrected chi connectivity index (χ4v) is 4.80. The lowest BCUT2D eigenvalue weighted by molar-refractivity contribution is -0.703. The Bertz CT molecular complexity index is 1450. The van der Waals surface area contributed by atoms with Gasteiger partial charge in [0.2, 0.25) is 5.82 Å². The molecule has 6 nitrogen and oxygen atoms in total. The van der Waals surface area contributed by atoms with E-state index >= 15 is 0 Å². The number of quaternary nitrogens is 1. The highest BCUT2D eigenvalue weighted by molar-refractivity contribution is 5.53. The standard InChI is InChI=1S/C34H35N3O3/c1-34(2,27-16-10-5-11-17-27)28-18-20-30(21-19-28)39-24-29(38)23-35-31(22-25-12-6-3-7-13-25)33-36-32(37-40-33)26-14-8-4-9-15-26/h3-21,29,31,35,38H,22-24H2,1-2H3/p+1/t29-,31+/m0/s1. The van der Waals surface area contributed by atoms with Crippen LogP contribution in [0.15, 0.2) is 120 Å². The van der Waals surface area contributed by atoms with Gasteiger partial charge in [0.05, 0.1) is 0 Å². The normalized spacial score (nSPS) is 13.1. The van der Waals surface area contributed by atoms with Crippen molar-refractivity contribution in [1.82, 2.24) is 10.1 Å². The number of benzene rings is 4. The molecular weight excluding hydrogens is 498 g/mol. The van der Waals surface area contributed by atoms with Crippen LogP contribution in [-0.2, 0) is 11.8 Å². The number of aliphatic hydroxyl groups is 1. The van der Waals surface area contributed by atoms with Gasteiger partial charge in [-0.15, -0.1) is 0 Å². The first kappa shape index (κ1) is 27.3. The fourth-order valence-electron chi connectivity index (χ4n) is 4.80. The Kier molecular flexibility index (Phi) is 8.69. The second-order valence-electron chi connectivity index (χ2n) is 10.6. The van der Waals surface area contributed by atoms with Crippen molar-refractivity contribution in [2.45, 2.75) is 37.8 Å². The quantitative estimate of drug-likeness (QED) is 0.225. The highest BCUT2D eigenvalue weighted by atomic mass is 16.5. The van der Waals surface area contributed by atoms with Gasteiger partial charge in [-0.05, 0) is 28.8 Å². The Labute approximate surface area is 235 Å². The van der Waals surface area contributed by atoms with Crippen LogP contribution < -0.4 is 10.1 Å². The summed E-state index contributed by atoms with van der Waals surface area (Å²) in [7, 11) is 0. The van der Waals surface area contributed by atoms with E-state index in [1.807, 2.05) is 66.7 Å². The third-order valence-corrected chi connectivity index (χ3v) is 7.30. The van der Waals surface area contributed by atoms with Crippen LogP contribution in [0, 0.1) is 0 Å². The highest BCUT2D eigenvalue weighted by Gasteiger charge is 2.25. The maximum absolute atomic E-state index is 10.8. The smallest absolute Gasteiger partial charge is 0.285 e. The van der Waals surface area contributed by atoms with Gasteiger partial charge in [-0.2, -0.15) is 4.98 Å². The minimum atomic E-state index is -0.671. The molecule has 0 saturated carbocycles. The van der Waals surface area contributed by atoms with E-state index < -0.39 is 6.10 Å². The molecule has 204 valence electrons. The molecule has 0 radical (unpaired) electrons. The van der Waals surface area contributed by atoms with Crippen molar-refractivity contribution in [3.63, 3.8) is 0 Å². The molecule has 0 aliphatic heterocycles. The van der Waals surface area contributed by atoms with Crippen molar-refractivity contribution in [3.05, 3.63) is 138 Å². The molecule has 40 heavy (non-hydrogen) atoms. The summed E-state index contributed by atoms with van der Waals surface area (Å²) in [4.78, 5) is 4.68. The van der Waals surface area contributed by atoms with Crippen LogP contribution in [0.4, 0.5) is 0 Å². The Morgan fingerprint density at radius 2 is 1.40 bits per heavy atom. The average Bonchev–Trinajstić information content (AvgIpc) is 3.50. The average molecular weight is 535 g/mol. The molecule has 2 atom stereocenters. The number of aromatic nitrogens is 2. The molecule has 0 unspecified atom stereocenters. The zero-order valence-corrected chi connectivity index (χ0v) is 23.0. The number of hydrogen-bond acceptors (Lipinski definition) is 5. The van der Waals surface area contributed by atoms with Gasteiger partial charge in [-0.3, -0.25) is 0 Å². The van der Waals surface area contributed by atoms with Gasteiger partial charge in [0.1, 0.15) is 25.0 Å². The minimum Gasteiger partial charge on any atom is -0.491 e. The van der Waals surface area contributed by atoms with E-state index in [0.717, 1.165) is 16.9 Å². The van der Waals surface area contributed by atoms with Crippen molar-refractivity contribution < 1.29 is 19.7 Å². The monoisotopic (exact) mass is 534 g/mol. The second-order valence-corrected chi connectivity index (χ2v) is 10.6. The molecule has 4 aromatic carbocycles. The van der Waals surface area contributed by atoms with Crippen LogP contribution in [0.25, 0.3) is 11.4 Å². The van der Waals surface area contributed by atoms with Gasteiger partial charge < -0.3 is 19.7 Å². The second kappa shape index (κ2) is 12.7. The van der Waals surface area contributed by atoms with E-state index in [-0.39, 0.29) is 18.1 Å². The molecule has 0 saturated heterocycles. The van der Waals surface area contributed by atoms with Gasteiger partial charge >= 0.3 is 0 Å². The molecule has 6 heteroatoms. The molecule has 0 spiro atoms. The number of rotatable bonds is 12. The molecular formula is C34H36N3O3+. The molecule has 1 heterocycles. The first-order valence-electron chi connectivity index (χ1n) is 13.7. The van der Waals surface area contributed by atoms with Gasteiger partial charge in [-0.25, -0.2) is 0 Å². The summed E-state index contributed by atoms with van der Waals surface area (Å²) < 4.78 is 11.6. The van der Waals surface area contributed by atoms with Crippen molar-refractivity contribution in [3.8, 4) is 17.1 Å². The molecule has 1 aromatic heterocycles. The van der Waals surface area contributed by atoms with Crippen molar-refractivity contribution in [1.29, 1.82) is 0 Å². The number of nitrogens with zero attached hydrogens (tertiary/aromatic N) is 2. The van der Waals surface area contributed by atoms with Crippen molar-refractivity contribution in [2.24, 2.45) is 0 Å². The van der Waals surface area contributed by atoms with E-state index in [1.165, 1.54) is 11.1 Å². The lowest BCUT2D eigenvalue weighted by Gasteiger charge is -2.26. The largest absolute Gasteiger partial charge is 0.491 e. The summed E-state index contributed by atoms with van der Waals surface area (Å²) in [5.41, 5.74) is 4.42. The Morgan fingerprint density at radius 1 is 0.800 bits per heavy atom. The van der Waals surface area contributed by atoms with Gasteiger partial charge in [0.25, 0.3) is 5.89 Å². The first-order chi connectivity index (χ1) is 19.5. The first-order valence-corrected chi connectivity index (χ1v) is 13.7. The summed E-state index contributed by atoms with van der Waals surface area (Å²) in [5, 5.41) is 17.0. The van der Waals surface area contributed by atoms with E-state index in [4.69, 9.17) is 9.26 Å². The number of aliphatic hydroxyl groups excluding tert-OH is 1. The Morgan fingerprint density at radius 3 is 2.08 bits per heavy atom. The van der Waals surface area contributed by atoms with Gasteiger partial charge in [-0.1, -0.05) is 122 Å². The van der Waals surface area contributed by atoms with Gasteiger partial charge in [0, 0.05) is 17.4 Å². The minimum absolute atomic E-state index is 0.114. The predicted molar refractivity (Wildman–Crippen MR) is 156 cm³/mol. The van der Waals surface area contributed by atoms with Crippen LogP contribution in [-0.4, -0.2) is 34.5 Å². The van der Waals surface area contributed by atoms with Gasteiger partial charge in [0.15, 0.2) is 6.04 Å². The summed E-state index contributed by atoms with van der Waals surface area (Å²) in [6.07, 6.45) is 0.0268. The molecule has 5 rings (SSSR count). The molecule has 0 bridgehead atoms. The molecule has 0 fully saturated rings. The van der Waals surface area contributed by atoms with Crippen LogP contribution in [0.3, 0.4) is 0 Å². The molecule has 5 aromatic rings. The van der Waals surface area contributed by atoms with Crippen LogP contribution in [0.5, 0.6) is 5.75 Å². The zero-order chi connectivity index (χ0) is 27.8. The van der Waals surface area contributed by atoms with E-state index in [1.54, 1.807) is 0 Å². The van der Waals surface area contributed by atoms with Crippen LogP contribution >= 0.6 is 0 Å². The van der Waals surface area contributed by atoms with E-state index in [0.29, 0.717) is 24.7 Å². The number of ether oxygens (including phenoxy) is 1. The maximum atomic E-state index is 10.8. The molecule has 0 amide bonds. The fraction of sp³-hybridized carbons (Fsp3) is 0.235. The lowest BCUT2D eigenvalue weighted by atomic mass is 9.78. The van der Waals surface area contributed by atoms with E-state index in [9.17, 15) is 5.11 Å². The third-order valence-electron chi connectivity index (χ3n) is 7.30. The SMILES string of the molecule is CC(C)(c1ccccc1)c1ccc(OC[C@@H](O)C[NH2+][C@H](Cc2ccccc2)c2nc(-c3ccccc3)no2)cc1.